The number of methoxy groups -OCH3 is 1. The van der Waals surface area contributed by atoms with Crippen molar-refractivity contribution >= 4 is 11.5 Å². The van der Waals surface area contributed by atoms with E-state index in [2.05, 4.69) is 18.5 Å². The molecule has 2 aliphatic heterocycles. The molecule has 0 fully saturated rings. The number of ether oxygens (including phenoxy) is 2. The highest BCUT2D eigenvalue weighted by Gasteiger charge is 2.39. The van der Waals surface area contributed by atoms with E-state index in [0.29, 0.717) is 11.3 Å². The van der Waals surface area contributed by atoms with Crippen LogP contribution in [0, 0.1) is 0 Å². The van der Waals surface area contributed by atoms with Crippen LogP contribution in [0.5, 0.6) is 5.75 Å². The van der Waals surface area contributed by atoms with Crippen LogP contribution < -0.4 is 10.2 Å². The molecule has 2 heterocycles. The molecule has 2 unspecified atom stereocenters. The maximum absolute atomic E-state index is 12.6. The Morgan fingerprint density at radius 3 is 2.59 bits per heavy atom. The van der Waals surface area contributed by atoms with Crippen LogP contribution in [0.15, 0.2) is 41.2 Å². The number of rotatable bonds is 5. The Hall–Kier alpha value is -2.53. The smallest absolute Gasteiger partial charge is 0.339 e. The molecule has 0 amide bonds. The van der Waals surface area contributed by atoms with Gasteiger partial charge in [0.25, 0.3) is 0 Å². The van der Waals surface area contributed by atoms with Gasteiger partial charge in [-0.15, -0.1) is 5.48 Å². The second-order valence-electron chi connectivity index (χ2n) is 6.84. The summed E-state index contributed by atoms with van der Waals surface area (Å²) in [6.45, 7) is 10.0. The van der Waals surface area contributed by atoms with Gasteiger partial charge in [-0.3, -0.25) is 0 Å². The van der Waals surface area contributed by atoms with Gasteiger partial charge >= 0.3 is 5.97 Å². The predicted molar refractivity (Wildman–Crippen MR) is 105 cm³/mol. The largest absolute Gasteiger partial charge is 0.496 e. The Labute approximate surface area is 160 Å². The van der Waals surface area contributed by atoms with Crippen LogP contribution in [-0.4, -0.2) is 19.1 Å². The number of carbonyl (C=O) groups excluding carboxylic acids is 1. The van der Waals surface area contributed by atoms with Gasteiger partial charge < -0.3 is 14.3 Å². The molecule has 0 aliphatic carbocycles. The van der Waals surface area contributed by atoms with Crippen molar-refractivity contribution in [1.29, 1.82) is 0 Å². The van der Waals surface area contributed by atoms with Crippen LogP contribution in [-0.2, 0) is 9.57 Å². The number of hydroxylamine groups is 1. The van der Waals surface area contributed by atoms with Gasteiger partial charge in [0.05, 0.1) is 24.3 Å². The van der Waals surface area contributed by atoms with Gasteiger partial charge in [0.15, 0.2) is 6.10 Å². The summed E-state index contributed by atoms with van der Waals surface area (Å²) in [5.74, 6) is 1.16. The Kier molecular flexibility index (Phi) is 5.42. The summed E-state index contributed by atoms with van der Waals surface area (Å²) in [7, 11) is 1.63. The van der Waals surface area contributed by atoms with E-state index in [9.17, 15) is 4.79 Å². The van der Waals surface area contributed by atoms with E-state index >= 15 is 0 Å². The lowest BCUT2D eigenvalue weighted by Crippen LogP contribution is -2.19. The molecule has 5 nitrogen and oxygen atoms in total. The topological polar surface area (TPSA) is 56.8 Å². The number of benzene rings is 1. The molecule has 2 atom stereocenters. The van der Waals surface area contributed by atoms with E-state index in [-0.39, 0.29) is 12.0 Å². The summed E-state index contributed by atoms with van der Waals surface area (Å²) in [5, 5.41) is 0. The molecule has 0 saturated carbocycles. The average Bonchev–Trinajstić information content (AvgIpc) is 3.17. The number of esters is 1. The third-order valence-electron chi connectivity index (χ3n) is 5.19. The third-order valence-corrected chi connectivity index (χ3v) is 5.19. The number of carbonyl (C=O) groups is 1. The van der Waals surface area contributed by atoms with Crippen molar-refractivity contribution in [2.24, 2.45) is 0 Å². The van der Waals surface area contributed by atoms with Crippen LogP contribution in [0.1, 0.15) is 68.6 Å². The third kappa shape index (κ3) is 3.16. The normalized spacial score (nSPS) is 22.7. The maximum atomic E-state index is 12.6. The zero-order valence-corrected chi connectivity index (χ0v) is 16.8. The number of allylic oxidation sites excluding steroid dienone is 3. The number of cyclic esters (lactones) is 1. The SMILES string of the molecule is CC=C(C)C(=CCC)C1OC(=O)c2ccc(C3=C(C)ONC3C)c(OC)c21. The lowest BCUT2D eigenvalue weighted by Gasteiger charge is -2.20. The van der Waals surface area contributed by atoms with E-state index < -0.39 is 6.10 Å². The van der Waals surface area contributed by atoms with Crippen molar-refractivity contribution in [1.82, 2.24) is 5.48 Å². The van der Waals surface area contributed by atoms with Gasteiger partial charge in [-0.05, 0) is 57.4 Å². The van der Waals surface area contributed by atoms with Crippen LogP contribution in [0.2, 0.25) is 0 Å². The average molecular weight is 369 g/mol. The fourth-order valence-corrected chi connectivity index (χ4v) is 3.80. The first-order valence-corrected chi connectivity index (χ1v) is 9.33. The lowest BCUT2D eigenvalue weighted by atomic mass is 9.88. The van der Waals surface area contributed by atoms with E-state index in [4.69, 9.17) is 14.3 Å². The van der Waals surface area contributed by atoms with E-state index in [0.717, 1.165) is 40.0 Å². The highest BCUT2D eigenvalue weighted by atomic mass is 16.7. The number of hydrogen-bond donors (Lipinski definition) is 1. The molecule has 144 valence electrons. The van der Waals surface area contributed by atoms with Crippen LogP contribution in [0.25, 0.3) is 5.57 Å². The molecular weight excluding hydrogens is 342 g/mol. The van der Waals surface area contributed by atoms with Crippen LogP contribution in [0.4, 0.5) is 0 Å². The molecule has 0 saturated heterocycles. The Balaban J connectivity index is 2.23. The number of nitrogens with one attached hydrogen (secondary N) is 1. The second kappa shape index (κ2) is 7.61. The van der Waals surface area contributed by atoms with Crippen LogP contribution in [0.3, 0.4) is 0 Å². The molecule has 1 N–H and O–H groups in total. The summed E-state index contributed by atoms with van der Waals surface area (Å²) in [4.78, 5) is 18.0. The number of fused-ring (bicyclic) bond motifs is 1. The Morgan fingerprint density at radius 1 is 1.33 bits per heavy atom. The summed E-state index contributed by atoms with van der Waals surface area (Å²) in [6, 6.07) is 3.77. The van der Waals surface area contributed by atoms with Gasteiger partial charge in [-0.1, -0.05) is 19.1 Å². The Bertz CT molecular complexity index is 863. The fraction of sp³-hybridized carbons (Fsp3) is 0.409. The first kappa shape index (κ1) is 19.2. The van der Waals surface area contributed by atoms with Gasteiger partial charge in [-0.2, -0.15) is 0 Å². The van der Waals surface area contributed by atoms with E-state index in [1.165, 1.54) is 0 Å². The fourth-order valence-electron chi connectivity index (χ4n) is 3.80. The molecule has 0 radical (unpaired) electrons. The zero-order chi connectivity index (χ0) is 19.7. The minimum Gasteiger partial charge on any atom is -0.496 e. The Morgan fingerprint density at radius 2 is 2.04 bits per heavy atom. The van der Waals surface area contributed by atoms with E-state index in [1.807, 2.05) is 45.9 Å². The summed E-state index contributed by atoms with van der Waals surface area (Å²) >= 11 is 0. The highest BCUT2D eigenvalue weighted by molar-refractivity contribution is 5.97. The van der Waals surface area contributed by atoms with Gasteiger partial charge in [-0.25, -0.2) is 4.79 Å². The molecule has 3 rings (SSSR count). The molecule has 0 bridgehead atoms. The van der Waals surface area contributed by atoms with Crippen LogP contribution >= 0.6 is 0 Å². The second-order valence-corrected chi connectivity index (χ2v) is 6.84. The zero-order valence-electron chi connectivity index (χ0n) is 16.8. The lowest BCUT2D eigenvalue weighted by molar-refractivity contribution is 0.0450. The quantitative estimate of drug-likeness (QED) is 0.593. The molecule has 2 aliphatic rings. The van der Waals surface area contributed by atoms with E-state index in [1.54, 1.807) is 7.11 Å². The van der Waals surface area contributed by atoms with Gasteiger partial charge in [0.2, 0.25) is 0 Å². The number of hydrogen-bond acceptors (Lipinski definition) is 5. The van der Waals surface area contributed by atoms with Crippen molar-refractivity contribution in [2.45, 2.75) is 53.2 Å². The summed E-state index contributed by atoms with van der Waals surface area (Å²) < 4.78 is 11.6. The highest BCUT2D eigenvalue weighted by Crippen LogP contribution is 2.47. The van der Waals surface area contributed by atoms with Crippen molar-refractivity contribution in [2.75, 3.05) is 7.11 Å². The van der Waals surface area contributed by atoms with Crippen molar-refractivity contribution in [3.05, 3.63) is 57.9 Å². The molecule has 1 aromatic rings. The van der Waals surface area contributed by atoms with Gasteiger partial charge in [0.1, 0.15) is 11.5 Å². The molecular formula is C22H27NO4. The first-order chi connectivity index (χ1) is 12.9. The van der Waals surface area contributed by atoms with Gasteiger partial charge in [0, 0.05) is 11.1 Å². The van der Waals surface area contributed by atoms with Crippen molar-refractivity contribution in [3.63, 3.8) is 0 Å². The molecule has 5 heteroatoms. The summed E-state index contributed by atoms with van der Waals surface area (Å²) in [6.07, 6.45) is 4.53. The summed E-state index contributed by atoms with van der Waals surface area (Å²) in [5.41, 5.74) is 8.36. The molecule has 0 aromatic heterocycles. The maximum Gasteiger partial charge on any atom is 0.339 e. The van der Waals surface area contributed by atoms with Crippen molar-refractivity contribution in [3.8, 4) is 5.75 Å². The minimum absolute atomic E-state index is 0.0244. The monoisotopic (exact) mass is 369 g/mol. The molecule has 27 heavy (non-hydrogen) atoms. The predicted octanol–water partition coefficient (Wildman–Crippen LogP) is 4.86. The standard InChI is InChI=1S/C22H27NO4/c1-7-9-15(12(3)8-2)21-19-17(22(24)26-21)11-10-16(20(19)25-6)18-13(4)23-27-14(18)5/h8-11,13,21,23H,7H2,1-6H3. The molecule has 1 aromatic carbocycles. The molecule has 0 spiro atoms. The first-order valence-electron chi connectivity index (χ1n) is 9.33. The van der Waals surface area contributed by atoms with Crippen molar-refractivity contribution < 1.29 is 19.1 Å². The minimum atomic E-state index is -0.468.